The summed E-state index contributed by atoms with van der Waals surface area (Å²) in [5.41, 5.74) is 18.0. The van der Waals surface area contributed by atoms with E-state index >= 15 is 0 Å². The van der Waals surface area contributed by atoms with Gasteiger partial charge in [0.2, 0.25) is 0 Å². The first-order chi connectivity index (χ1) is 34.6. The van der Waals surface area contributed by atoms with E-state index in [9.17, 15) is 5.11 Å². The maximum Gasteiger partial charge on any atom is 0.149 e. The van der Waals surface area contributed by atoms with Crippen LogP contribution in [0.5, 0.6) is 5.75 Å². The van der Waals surface area contributed by atoms with Crippen LogP contribution < -0.4 is 0 Å². The minimum atomic E-state index is -0.337. The monoisotopic (exact) mass is 953 g/mol. The normalized spacial score (nSPS) is 13.0. The molecule has 362 valence electrons. The summed E-state index contributed by atoms with van der Waals surface area (Å²) in [6.07, 6.45) is 0. The third-order valence-corrected chi connectivity index (χ3v) is 15.3. The van der Waals surface area contributed by atoms with E-state index in [-0.39, 0.29) is 27.4 Å². The predicted octanol–water partition coefficient (Wildman–Crippen LogP) is 18.3. The second-order valence-corrected chi connectivity index (χ2v) is 24.5. The zero-order valence-corrected chi connectivity index (χ0v) is 44.3. The van der Waals surface area contributed by atoms with Crippen molar-refractivity contribution >= 4 is 60.0 Å². The van der Waals surface area contributed by atoms with Crippen LogP contribution in [0.2, 0.25) is 0 Å². The van der Waals surface area contributed by atoms with Crippen LogP contribution in [0.1, 0.15) is 105 Å². The molecule has 12 rings (SSSR count). The first-order valence-corrected chi connectivity index (χ1v) is 25.9. The molecule has 0 saturated carbocycles. The second kappa shape index (κ2) is 16.1. The highest BCUT2D eigenvalue weighted by Gasteiger charge is 2.30. The molecule has 0 fully saturated rings. The van der Waals surface area contributed by atoms with E-state index in [1.807, 2.05) is 0 Å². The van der Waals surface area contributed by atoms with Gasteiger partial charge in [-0.25, -0.2) is 9.97 Å². The SMILES string of the molecule is CC(C)(C)c1cc(-c2cc3c4c(cccc4c4cccc5c6ccccc6n3c45)n2)cc(-c2cccc3c2nc(-c2cc(C(C)(C)C)cc(C(C)(C)C)c2O)n3-c2ccc(C(C)(C)C)cc2-c2ccccc2)c1. The molecule has 0 radical (unpaired) electrons. The van der Waals surface area contributed by atoms with E-state index in [0.29, 0.717) is 11.4 Å². The molecule has 0 saturated heterocycles. The van der Waals surface area contributed by atoms with Crippen LogP contribution in [0.4, 0.5) is 0 Å². The molecule has 5 nitrogen and oxygen atoms in total. The van der Waals surface area contributed by atoms with Crippen molar-refractivity contribution in [3.63, 3.8) is 0 Å². The molecular formula is C68H64N4O. The van der Waals surface area contributed by atoms with Crippen LogP contribution in [0, 0.1) is 0 Å². The molecule has 1 N–H and O–H groups in total. The van der Waals surface area contributed by atoms with Gasteiger partial charge in [-0.1, -0.05) is 192 Å². The van der Waals surface area contributed by atoms with Gasteiger partial charge in [-0.3, -0.25) is 4.57 Å². The number of para-hydroxylation sites is 3. The van der Waals surface area contributed by atoms with Crippen LogP contribution in [0.25, 0.3) is 111 Å². The van der Waals surface area contributed by atoms with Crippen molar-refractivity contribution in [1.82, 2.24) is 18.9 Å². The van der Waals surface area contributed by atoms with Crippen molar-refractivity contribution in [2.45, 2.75) is 105 Å². The summed E-state index contributed by atoms with van der Waals surface area (Å²) in [6, 6.07) is 59.9. The summed E-state index contributed by atoms with van der Waals surface area (Å²) in [7, 11) is 0. The van der Waals surface area contributed by atoms with Gasteiger partial charge in [0.25, 0.3) is 0 Å². The molecular weight excluding hydrogens is 889 g/mol. The summed E-state index contributed by atoms with van der Waals surface area (Å²) < 4.78 is 4.78. The standard InChI is InChI=1S/C68H64N4O/c1-65(2,3)43-31-32-57(51(36-43)40-21-14-13-15-22-40)72-58-30-20-24-46(61(58)70-64(72)52-37-45(67(7,8)9)38-53(63(52)73)68(10,11)12)41-33-42(35-44(34-41)66(4,5)6)55-39-59-60-48(25-19-28-54(60)69-55)50-27-18-26-49-47-23-16-17-29-56(47)71(59)62(49)50/h13-39,73H,1-12H3. The molecule has 0 aliphatic rings. The van der Waals surface area contributed by atoms with Crippen LogP contribution in [0.15, 0.2) is 164 Å². The molecule has 4 aromatic heterocycles. The van der Waals surface area contributed by atoms with Crippen molar-refractivity contribution < 1.29 is 5.11 Å². The summed E-state index contributed by atoms with van der Waals surface area (Å²) in [6.45, 7) is 26.9. The number of pyridine rings is 2. The number of aromatic hydroxyl groups is 1. The number of rotatable bonds is 5. The molecule has 0 aliphatic heterocycles. The van der Waals surface area contributed by atoms with Gasteiger partial charge in [0.15, 0.2) is 0 Å². The fourth-order valence-electron chi connectivity index (χ4n) is 11.3. The Morgan fingerprint density at radius 1 is 0.411 bits per heavy atom. The van der Waals surface area contributed by atoms with Crippen molar-refractivity contribution in [3.8, 4) is 56.3 Å². The van der Waals surface area contributed by atoms with Gasteiger partial charge in [-0.2, -0.15) is 0 Å². The Morgan fingerprint density at radius 3 is 1.74 bits per heavy atom. The Kier molecular flexibility index (Phi) is 10.2. The number of imidazole rings is 1. The molecule has 4 heterocycles. The smallest absolute Gasteiger partial charge is 0.149 e. The van der Waals surface area contributed by atoms with Gasteiger partial charge >= 0.3 is 0 Å². The average Bonchev–Trinajstić information content (AvgIpc) is 3.91. The molecule has 73 heavy (non-hydrogen) atoms. The molecule has 0 atom stereocenters. The zero-order chi connectivity index (χ0) is 51.1. The van der Waals surface area contributed by atoms with E-state index in [1.54, 1.807) is 0 Å². The highest BCUT2D eigenvalue weighted by Crippen LogP contribution is 2.47. The van der Waals surface area contributed by atoms with Gasteiger partial charge in [-0.05, 0) is 109 Å². The molecule has 0 unspecified atom stereocenters. The van der Waals surface area contributed by atoms with Crippen LogP contribution in [-0.2, 0) is 21.7 Å². The Bertz CT molecular complexity index is 4180. The van der Waals surface area contributed by atoms with Crippen LogP contribution in [0.3, 0.4) is 0 Å². The second-order valence-electron chi connectivity index (χ2n) is 24.5. The summed E-state index contributed by atoms with van der Waals surface area (Å²) in [4.78, 5) is 11.3. The fraction of sp³-hybridized carbons (Fsp3) is 0.235. The van der Waals surface area contributed by atoms with Crippen LogP contribution >= 0.6 is 0 Å². The number of phenols is 1. The van der Waals surface area contributed by atoms with Gasteiger partial charge < -0.3 is 9.51 Å². The predicted molar refractivity (Wildman–Crippen MR) is 309 cm³/mol. The number of benzene rings is 8. The highest BCUT2D eigenvalue weighted by molar-refractivity contribution is 6.26. The first kappa shape index (κ1) is 46.3. The van der Waals surface area contributed by atoms with Gasteiger partial charge in [0.05, 0.1) is 50.0 Å². The number of fused-ring (bicyclic) bond motifs is 6. The summed E-state index contributed by atoms with van der Waals surface area (Å²) in [5.74, 6) is 0.953. The minimum Gasteiger partial charge on any atom is -0.507 e. The van der Waals surface area contributed by atoms with E-state index in [0.717, 1.165) is 72.4 Å². The molecule has 8 aromatic carbocycles. The fourth-order valence-corrected chi connectivity index (χ4v) is 11.3. The Hall–Kier alpha value is -7.76. The average molecular weight is 953 g/mol. The Balaban J connectivity index is 1.16. The van der Waals surface area contributed by atoms with Gasteiger partial charge in [0.1, 0.15) is 11.6 Å². The number of hydrogen-bond acceptors (Lipinski definition) is 3. The molecule has 0 bridgehead atoms. The molecule has 5 heteroatoms. The molecule has 0 spiro atoms. The van der Waals surface area contributed by atoms with E-state index in [4.69, 9.17) is 9.97 Å². The largest absolute Gasteiger partial charge is 0.507 e. The lowest BCUT2D eigenvalue weighted by atomic mass is 9.79. The summed E-state index contributed by atoms with van der Waals surface area (Å²) in [5, 5.41) is 18.8. The third-order valence-electron chi connectivity index (χ3n) is 15.3. The van der Waals surface area contributed by atoms with Crippen molar-refractivity contribution in [2.75, 3.05) is 0 Å². The number of hydrogen-bond donors (Lipinski definition) is 1. The van der Waals surface area contributed by atoms with Crippen molar-refractivity contribution in [1.29, 1.82) is 0 Å². The number of aromatic nitrogens is 4. The number of phenolic OH excluding ortho intramolecular Hbond substituents is 1. The van der Waals surface area contributed by atoms with Gasteiger partial charge in [-0.15, -0.1) is 0 Å². The lowest BCUT2D eigenvalue weighted by molar-refractivity contribution is 0.446. The zero-order valence-electron chi connectivity index (χ0n) is 44.3. The topological polar surface area (TPSA) is 55.4 Å². The summed E-state index contributed by atoms with van der Waals surface area (Å²) >= 11 is 0. The quantitative estimate of drug-likeness (QED) is 0.138. The maximum absolute atomic E-state index is 12.7. The van der Waals surface area contributed by atoms with E-state index in [1.165, 1.54) is 49.1 Å². The maximum atomic E-state index is 12.7. The van der Waals surface area contributed by atoms with Crippen molar-refractivity contribution in [3.05, 3.63) is 186 Å². The minimum absolute atomic E-state index is 0.0852. The van der Waals surface area contributed by atoms with E-state index in [2.05, 4.69) is 256 Å². The first-order valence-electron chi connectivity index (χ1n) is 25.9. The van der Waals surface area contributed by atoms with Crippen molar-refractivity contribution in [2.24, 2.45) is 0 Å². The van der Waals surface area contributed by atoms with E-state index < -0.39 is 0 Å². The molecule has 12 aromatic rings. The number of nitrogens with zero attached hydrogens (tertiary/aromatic N) is 4. The van der Waals surface area contributed by atoms with Crippen LogP contribution in [-0.4, -0.2) is 24.0 Å². The Morgan fingerprint density at radius 2 is 1.01 bits per heavy atom. The molecule has 0 amide bonds. The Labute approximate surface area is 429 Å². The lowest BCUT2D eigenvalue weighted by Gasteiger charge is -2.28. The lowest BCUT2D eigenvalue weighted by Crippen LogP contribution is -2.17. The highest BCUT2D eigenvalue weighted by atomic mass is 16.3. The molecule has 0 aliphatic carbocycles. The van der Waals surface area contributed by atoms with Gasteiger partial charge in [0, 0.05) is 43.8 Å². The third kappa shape index (κ3) is 7.49.